The van der Waals surface area contributed by atoms with Crippen LogP contribution in [0.15, 0.2) is 12.2 Å². The van der Waals surface area contributed by atoms with E-state index in [9.17, 15) is 14.8 Å². The third-order valence-electron chi connectivity index (χ3n) is 7.63. The number of rotatable bonds is 1. The highest BCUT2D eigenvalue weighted by Crippen LogP contribution is 2.53. The molecule has 3 aliphatic rings. The summed E-state index contributed by atoms with van der Waals surface area (Å²) in [6, 6.07) is 0. The van der Waals surface area contributed by atoms with Gasteiger partial charge in [0.05, 0.1) is 0 Å². The maximum absolute atomic E-state index is 14.1. The summed E-state index contributed by atoms with van der Waals surface area (Å²) < 4.78 is 6.92. The Morgan fingerprint density at radius 2 is 1.31 bits per heavy atom. The molecule has 0 unspecified atom stereocenters. The second-order valence-electron chi connectivity index (χ2n) is 11.5. The first-order chi connectivity index (χ1) is 15.0. The molecule has 32 heavy (non-hydrogen) atoms. The van der Waals surface area contributed by atoms with Gasteiger partial charge in [-0.1, -0.05) is 51.0 Å². The number of carbonyl (C=O) groups excluding carboxylic acids is 2. The van der Waals surface area contributed by atoms with Crippen molar-refractivity contribution in [1.29, 1.82) is 0 Å². The lowest BCUT2D eigenvalue weighted by atomic mass is 9.72. The summed E-state index contributed by atoms with van der Waals surface area (Å²) in [5, 5.41) is 12.2. The zero-order valence-corrected chi connectivity index (χ0v) is 20.9. The van der Waals surface area contributed by atoms with Crippen LogP contribution in [0, 0.1) is 0 Å². The fourth-order valence-corrected chi connectivity index (χ4v) is 6.50. The Bertz CT molecular complexity index is 697. The molecule has 0 aromatic rings. The fourth-order valence-electron chi connectivity index (χ4n) is 6.50. The molecule has 1 N–H and O–H groups in total. The normalized spacial score (nSPS) is 28.7. The van der Waals surface area contributed by atoms with E-state index in [1.165, 1.54) is 48.1 Å². The summed E-state index contributed by atoms with van der Waals surface area (Å²) in [5.74, 6) is -0.495. The first kappa shape index (κ1) is 25.4. The van der Waals surface area contributed by atoms with E-state index in [2.05, 4.69) is 0 Å². The molecule has 2 spiro atoms. The monoisotopic (exact) mass is 448 g/mol. The van der Waals surface area contributed by atoms with Crippen LogP contribution in [0.2, 0.25) is 0 Å². The summed E-state index contributed by atoms with van der Waals surface area (Å²) in [7, 11) is 0. The van der Waals surface area contributed by atoms with E-state index in [1.54, 1.807) is 13.0 Å². The van der Waals surface area contributed by atoms with Crippen LogP contribution >= 0.6 is 0 Å². The van der Waals surface area contributed by atoms with Crippen LogP contribution in [-0.4, -0.2) is 49.4 Å². The van der Waals surface area contributed by atoms with Crippen molar-refractivity contribution in [3.63, 3.8) is 0 Å². The van der Waals surface area contributed by atoms with Crippen molar-refractivity contribution in [2.24, 2.45) is 0 Å². The molecular weight excluding hydrogens is 404 g/mol. The van der Waals surface area contributed by atoms with Gasteiger partial charge < -0.3 is 9.94 Å². The Labute approximate surface area is 194 Å². The lowest BCUT2D eigenvalue weighted by Gasteiger charge is -2.54. The van der Waals surface area contributed by atoms with Gasteiger partial charge in [0.2, 0.25) is 0 Å². The number of piperidine rings is 1. The van der Waals surface area contributed by atoms with E-state index < -0.39 is 22.4 Å². The molecule has 6 nitrogen and oxygen atoms in total. The Morgan fingerprint density at radius 1 is 0.875 bits per heavy atom. The summed E-state index contributed by atoms with van der Waals surface area (Å²) >= 11 is 0. The molecule has 2 aliphatic heterocycles. The predicted octanol–water partition coefficient (Wildman–Crippen LogP) is 5.73. The second-order valence-corrected chi connectivity index (χ2v) is 11.5. The Balaban J connectivity index is 2.02. The Hall–Kier alpha value is -1.24. The van der Waals surface area contributed by atoms with Gasteiger partial charge >= 0.3 is 0 Å². The Kier molecular flexibility index (Phi) is 7.58. The van der Waals surface area contributed by atoms with Gasteiger partial charge in [0.15, 0.2) is 11.3 Å². The summed E-state index contributed by atoms with van der Waals surface area (Å²) in [6.07, 6.45) is 15.6. The molecule has 1 aliphatic carbocycles. The van der Waals surface area contributed by atoms with Crippen molar-refractivity contribution in [3.8, 4) is 0 Å². The summed E-state index contributed by atoms with van der Waals surface area (Å²) in [6.45, 7) is 9.57. The molecule has 6 heteroatoms. The van der Waals surface area contributed by atoms with Gasteiger partial charge in [-0.2, -0.15) is 5.06 Å². The van der Waals surface area contributed by atoms with Gasteiger partial charge in [-0.25, -0.2) is 4.90 Å². The minimum atomic E-state index is -1.10. The quantitative estimate of drug-likeness (QED) is 0.519. The zero-order valence-electron chi connectivity index (χ0n) is 20.9. The number of allylic oxidation sites excluding steroid dienone is 1. The van der Waals surface area contributed by atoms with Gasteiger partial charge in [-0.3, -0.25) is 9.59 Å². The van der Waals surface area contributed by atoms with E-state index in [-0.39, 0.29) is 11.8 Å². The molecule has 0 radical (unpaired) electrons. The third-order valence-corrected chi connectivity index (χ3v) is 7.63. The molecule has 182 valence electrons. The SMILES string of the molecule is C/C=C\C(=O)N1C(=O)C2(CC(C)(C)N(O)C(C)(C)C2)OC12CCCCCCCCCCC2. The van der Waals surface area contributed by atoms with E-state index in [4.69, 9.17) is 4.74 Å². The summed E-state index contributed by atoms with van der Waals surface area (Å²) in [5.41, 5.74) is -3.29. The second kappa shape index (κ2) is 9.55. The van der Waals surface area contributed by atoms with Crippen molar-refractivity contribution < 1.29 is 19.5 Å². The standard InChI is InChI=1S/C26H44N2O4/c1-6-16-21(29)27-22(30)25(19-23(2,3)28(31)24(4,5)20-25)32-26(27)17-14-12-10-8-7-9-11-13-15-18-26/h6,16,31H,7-15,17-20H2,1-5H3/b16-6-. The number of hydrogen-bond acceptors (Lipinski definition) is 5. The van der Waals surface area contributed by atoms with Gasteiger partial charge in [-0.05, 0) is 66.4 Å². The van der Waals surface area contributed by atoms with Crippen molar-refractivity contribution in [1.82, 2.24) is 9.96 Å². The summed E-state index contributed by atoms with van der Waals surface area (Å²) in [4.78, 5) is 28.8. The van der Waals surface area contributed by atoms with Gasteiger partial charge in [0, 0.05) is 23.9 Å². The lowest BCUT2D eigenvalue weighted by molar-refractivity contribution is -0.283. The molecule has 3 fully saturated rings. The zero-order chi connectivity index (χ0) is 23.6. The molecule has 2 amide bonds. The number of carbonyl (C=O) groups is 2. The largest absolute Gasteiger partial charge is 0.339 e. The molecule has 0 bridgehead atoms. The number of hydroxylamine groups is 2. The fraction of sp³-hybridized carbons (Fsp3) is 0.846. The molecule has 2 heterocycles. The maximum Gasteiger partial charge on any atom is 0.264 e. The third kappa shape index (κ3) is 4.83. The highest BCUT2D eigenvalue weighted by atomic mass is 16.6. The molecule has 0 aromatic heterocycles. The molecular formula is C26H44N2O4. The highest BCUT2D eigenvalue weighted by molar-refractivity contribution is 6.06. The minimum absolute atomic E-state index is 0.220. The van der Waals surface area contributed by atoms with Crippen LogP contribution in [0.1, 0.15) is 118 Å². The number of imide groups is 1. The van der Waals surface area contributed by atoms with Crippen molar-refractivity contribution in [3.05, 3.63) is 12.2 Å². The minimum Gasteiger partial charge on any atom is -0.339 e. The van der Waals surface area contributed by atoms with Gasteiger partial charge in [0.1, 0.15) is 0 Å². The van der Waals surface area contributed by atoms with Gasteiger partial charge in [0.25, 0.3) is 11.8 Å². The highest BCUT2D eigenvalue weighted by Gasteiger charge is 2.67. The number of hydrogen-bond donors (Lipinski definition) is 1. The van der Waals surface area contributed by atoms with E-state index in [1.807, 2.05) is 27.7 Å². The average molecular weight is 449 g/mol. The van der Waals surface area contributed by atoms with E-state index in [0.717, 1.165) is 25.7 Å². The van der Waals surface area contributed by atoms with Crippen LogP contribution in [0.3, 0.4) is 0 Å². The molecule has 0 aromatic carbocycles. The van der Waals surface area contributed by atoms with Crippen molar-refractivity contribution >= 4 is 11.8 Å². The van der Waals surface area contributed by atoms with Crippen LogP contribution in [-0.2, 0) is 14.3 Å². The number of amides is 2. The van der Waals surface area contributed by atoms with Crippen molar-refractivity contribution in [2.45, 2.75) is 140 Å². The maximum atomic E-state index is 14.1. The van der Waals surface area contributed by atoms with Crippen LogP contribution < -0.4 is 0 Å². The van der Waals surface area contributed by atoms with Crippen LogP contribution in [0.4, 0.5) is 0 Å². The van der Waals surface area contributed by atoms with Gasteiger partial charge in [-0.15, -0.1) is 0 Å². The molecule has 0 atom stereocenters. The number of nitrogens with zero attached hydrogens (tertiary/aromatic N) is 2. The molecule has 3 rings (SSSR count). The first-order valence-electron chi connectivity index (χ1n) is 12.7. The first-order valence-corrected chi connectivity index (χ1v) is 12.7. The number of ether oxygens (including phenoxy) is 1. The molecule has 1 saturated carbocycles. The average Bonchev–Trinajstić information content (AvgIpc) is 2.90. The lowest BCUT2D eigenvalue weighted by Crippen LogP contribution is -2.66. The van der Waals surface area contributed by atoms with E-state index >= 15 is 0 Å². The van der Waals surface area contributed by atoms with Crippen molar-refractivity contribution in [2.75, 3.05) is 0 Å². The smallest absolute Gasteiger partial charge is 0.264 e. The van der Waals surface area contributed by atoms with Crippen LogP contribution in [0.5, 0.6) is 0 Å². The molecule has 2 saturated heterocycles. The van der Waals surface area contributed by atoms with E-state index in [0.29, 0.717) is 25.7 Å². The Morgan fingerprint density at radius 3 is 1.75 bits per heavy atom. The topological polar surface area (TPSA) is 70.1 Å². The van der Waals surface area contributed by atoms with Crippen LogP contribution in [0.25, 0.3) is 0 Å². The predicted molar refractivity (Wildman–Crippen MR) is 125 cm³/mol.